The van der Waals surface area contributed by atoms with E-state index in [1.54, 1.807) is 12.4 Å². The third-order valence-electron chi connectivity index (χ3n) is 5.98. The van der Waals surface area contributed by atoms with Crippen LogP contribution in [0.15, 0.2) is 18.5 Å². The van der Waals surface area contributed by atoms with E-state index in [9.17, 15) is 18.6 Å². The van der Waals surface area contributed by atoms with E-state index in [1.165, 1.54) is 11.3 Å². The van der Waals surface area contributed by atoms with Crippen LogP contribution < -0.4 is 11.1 Å². The highest BCUT2D eigenvalue weighted by atomic mass is 32.2. The number of aliphatic hydroxyl groups is 2. The van der Waals surface area contributed by atoms with Gasteiger partial charge < -0.3 is 21.3 Å². The zero-order chi connectivity index (χ0) is 22.6. The molecule has 2 aliphatic rings. The number of thiazole rings is 1. The average Bonchev–Trinajstić information content (AvgIpc) is 3.43. The molecule has 0 spiro atoms. The van der Waals surface area contributed by atoms with Gasteiger partial charge >= 0.3 is 0 Å². The molecule has 5 rings (SSSR count). The Morgan fingerprint density at radius 2 is 2.00 bits per heavy atom. The van der Waals surface area contributed by atoms with Crippen LogP contribution in [0, 0.1) is 5.92 Å². The fourth-order valence-electron chi connectivity index (χ4n) is 4.30. The third-order valence-corrected chi connectivity index (χ3v) is 8.07. The molecule has 5 N–H and O–H groups in total. The van der Waals surface area contributed by atoms with Gasteiger partial charge in [-0.3, -0.25) is 4.98 Å². The van der Waals surface area contributed by atoms with Crippen molar-refractivity contribution in [1.29, 1.82) is 0 Å². The van der Waals surface area contributed by atoms with Gasteiger partial charge in [-0.2, -0.15) is 4.98 Å². The lowest BCUT2D eigenvalue weighted by Crippen LogP contribution is -2.36. The standard InChI is InChI=1S/C20H24N6O4S2/c1-32(29,30)8-10-6-12(17(28)16(10)27)24-18-11(7-23-20(21)26-18)19-25-15-13(31-19)4-5-22-14(15)9-2-3-9/h4-5,7,9-10,12,16-17,27-28H,2-3,6,8H2,1H3,(H3,21,23,24,26). The monoisotopic (exact) mass is 476 g/mol. The van der Waals surface area contributed by atoms with Crippen LogP contribution >= 0.6 is 11.3 Å². The van der Waals surface area contributed by atoms with Gasteiger partial charge in [-0.1, -0.05) is 0 Å². The number of nitrogens with one attached hydrogen (secondary N) is 1. The quantitative estimate of drug-likeness (QED) is 0.406. The summed E-state index contributed by atoms with van der Waals surface area (Å²) in [5, 5.41) is 24.7. The molecular weight excluding hydrogens is 452 g/mol. The molecule has 2 fully saturated rings. The Morgan fingerprint density at radius 1 is 1.22 bits per heavy atom. The maximum Gasteiger partial charge on any atom is 0.221 e. The average molecular weight is 477 g/mol. The molecule has 0 amide bonds. The smallest absolute Gasteiger partial charge is 0.221 e. The van der Waals surface area contributed by atoms with Crippen LogP contribution in [0.5, 0.6) is 0 Å². The first-order chi connectivity index (χ1) is 15.2. The molecule has 0 aromatic carbocycles. The van der Waals surface area contributed by atoms with E-state index >= 15 is 0 Å². The Kier molecular flexibility index (Phi) is 5.27. The largest absolute Gasteiger partial charge is 0.390 e. The predicted octanol–water partition coefficient (Wildman–Crippen LogP) is 1.17. The molecule has 12 heteroatoms. The minimum atomic E-state index is -3.30. The zero-order valence-corrected chi connectivity index (χ0v) is 19.0. The molecule has 4 atom stereocenters. The summed E-state index contributed by atoms with van der Waals surface area (Å²) in [7, 11) is -3.30. The maximum absolute atomic E-state index is 11.7. The van der Waals surface area contributed by atoms with E-state index in [4.69, 9.17) is 10.7 Å². The van der Waals surface area contributed by atoms with E-state index in [-0.39, 0.29) is 18.1 Å². The van der Waals surface area contributed by atoms with Gasteiger partial charge in [-0.15, -0.1) is 11.3 Å². The van der Waals surface area contributed by atoms with Crippen molar-refractivity contribution in [2.75, 3.05) is 23.1 Å². The van der Waals surface area contributed by atoms with Crippen molar-refractivity contribution >= 4 is 43.2 Å². The summed E-state index contributed by atoms with van der Waals surface area (Å²) in [6, 6.07) is 1.34. The molecule has 0 radical (unpaired) electrons. The molecule has 3 heterocycles. The second-order valence-corrected chi connectivity index (χ2v) is 11.9. The van der Waals surface area contributed by atoms with Crippen LogP contribution in [0.3, 0.4) is 0 Å². The van der Waals surface area contributed by atoms with Crippen LogP contribution in [-0.2, 0) is 9.84 Å². The van der Waals surface area contributed by atoms with Gasteiger partial charge in [-0.25, -0.2) is 18.4 Å². The molecule has 0 aliphatic heterocycles. The topological polar surface area (TPSA) is 164 Å². The number of anilines is 2. The van der Waals surface area contributed by atoms with Gasteiger partial charge in [0, 0.05) is 30.5 Å². The van der Waals surface area contributed by atoms with Gasteiger partial charge in [0.15, 0.2) is 0 Å². The van der Waals surface area contributed by atoms with Crippen LogP contribution in [0.25, 0.3) is 20.8 Å². The van der Waals surface area contributed by atoms with Crippen LogP contribution in [0.1, 0.15) is 30.9 Å². The summed E-state index contributed by atoms with van der Waals surface area (Å²) in [4.78, 5) is 17.8. The molecule has 3 aromatic heterocycles. The van der Waals surface area contributed by atoms with Crippen LogP contribution in [0.4, 0.5) is 11.8 Å². The summed E-state index contributed by atoms with van der Waals surface area (Å²) < 4.78 is 24.4. The van der Waals surface area contributed by atoms with Crippen molar-refractivity contribution in [1.82, 2.24) is 19.9 Å². The zero-order valence-electron chi connectivity index (χ0n) is 17.3. The van der Waals surface area contributed by atoms with Gasteiger partial charge in [0.2, 0.25) is 5.95 Å². The van der Waals surface area contributed by atoms with Crippen LogP contribution in [-0.4, -0.2) is 68.8 Å². The number of rotatable bonds is 6. The SMILES string of the molecule is CS(=O)(=O)CC1CC(Nc2nc(N)ncc2-c2nc3c(C4CC4)nccc3s2)C(O)C1O. The number of aliphatic hydroxyl groups excluding tert-OH is 2. The molecule has 2 aliphatic carbocycles. The number of nitrogen functional groups attached to an aromatic ring is 1. The molecule has 3 aromatic rings. The first-order valence-corrected chi connectivity index (χ1v) is 13.3. The second kappa shape index (κ2) is 7.87. The molecule has 10 nitrogen and oxygen atoms in total. The summed E-state index contributed by atoms with van der Waals surface area (Å²) >= 11 is 1.49. The van der Waals surface area contributed by atoms with Crippen molar-refractivity contribution < 1.29 is 18.6 Å². The summed E-state index contributed by atoms with van der Waals surface area (Å²) in [6.07, 6.45) is 4.71. The number of hydrogen-bond acceptors (Lipinski definition) is 11. The number of nitrogens with two attached hydrogens (primary N) is 1. The van der Waals surface area contributed by atoms with Crippen molar-refractivity contribution in [2.24, 2.45) is 5.92 Å². The van der Waals surface area contributed by atoms with Crippen molar-refractivity contribution in [3.05, 3.63) is 24.2 Å². The Bertz CT molecular complexity index is 1280. The molecule has 0 saturated heterocycles. The maximum atomic E-state index is 11.7. The highest BCUT2D eigenvalue weighted by Crippen LogP contribution is 2.44. The lowest BCUT2D eigenvalue weighted by Gasteiger charge is -2.20. The Hall–Kier alpha value is -2.41. The lowest BCUT2D eigenvalue weighted by atomic mass is 10.1. The highest BCUT2D eigenvalue weighted by molar-refractivity contribution is 7.90. The minimum Gasteiger partial charge on any atom is -0.390 e. The first-order valence-electron chi connectivity index (χ1n) is 10.4. The van der Waals surface area contributed by atoms with E-state index < -0.39 is 34.0 Å². The number of aromatic nitrogens is 4. The van der Waals surface area contributed by atoms with E-state index in [0.29, 0.717) is 22.3 Å². The van der Waals surface area contributed by atoms with Gasteiger partial charge in [0.1, 0.15) is 32.3 Å². The Labute approximate surface area is 188 Å². The molecular formula is C20H24N6O4S2. The molecule has 4 unspecified atom stereocenters. The lowest BCUT2D eigenvalue weighted by molar-refractivity contribution is 0.0216. The predicted molar refractivity (Wildman–Crippen MR) is 122 cm³/mol. The van der Waals surface area contributed by atoms with E-state index in [2.05, 4.69) is 20.3 Å². The van der Waals surface area contributed by atoms with Crippen molar-refractivity contribution in [3.63, 3.8) is 0 Å². The molecule has 170 valence electrons. The summed E-state index contributed by atoms with van der Waals surface area (Å²) in [5.74, 6) is 0.120. The van der Waals surface area contributed by atoms with Crippen LogP contribution in [0.2, 0.25) is 0 Å². The number of sulfone groups is 1. The van der Waals surface area contributed by atoms with E-state index in [0.717, 1.165) is 35.0 Å². The Morgan fingerprint density at radius 3 is 2.72 bits per heavy atom. The van der Waals surface area contributed by atoms with E-state index in [1.807, 2.05) is 6.07 Å². The summed E-state index contributed by atoms with van der Waals surface area (Å²) in [5.41, 5.74) is 8.33. The Balaban J connectivity index is 1.47. The number of pyridine rings is 1. The highest BCUT2D eigenvalue weighted by Gasteiger charge is 2.43. The van der Waals surface area contributed by atoms with Gasteiger partial charge in [-0.05, 0) is 25.3 Å². The normalized spacial score (nSPS) is 26.0. The first kappa shape index (κ1) is 21.4. The van der Waals surface area contributed by atoms with Gasteiger partial charge in [0.05, 0.1) is 33.9 Å². The van der Waals surface area contributed by atoms with Crippen molar-refractivity contribution in [3.8, 4) is 10.6 Å². The van der Waals surface area contributed by atoms with Crippen molar-refractivity contribution in [2.45, 2.75) is 43.4 Å². The fraction of sp³-hybridized carbons (Fsp3) is 0.500. The second-order valence-electron chi connectivity index (χ2n) is 8.65. The minimum absolute atomic E-state index is 0.0541. The molecule has 2 saturated carbocycles. The van der Waals surface area contributed by atoms with Gasteiger partial charge in [0.25, 0.3) is 0 Å². The number of nitrogens with zero attached hydrogens (tertiary/aromatic N) is 4. The number of fused-ring (bicyclic) bond motifs is 1. The fourth-order valence-corrected chi connectivity index (χ4v) is 6.40. The molecule has 0 bridgehead atoms. The third kappa shape index (κ3) is 4.15. The summed E-state index contributed by atoms with van der Waals surface area (Å²) in [6.45, 7) is 0. The molecule has 32 heavy (non-hydrogen) atoms. The number of hydrogen-bond donors (Lipinski definition) is 4.